The van der Waals surface area contributed by atoms with Gasteiger partial charge in [-0.15, -0.1) is 0 Å². The Morgan fingerprint density at radius 2 is 2.00 bits per heavy atom. The molecule has 0 spiro atoms. The highest BCUT2D eigenvalue weighted by Crippen LogP contribution is 2.35. The molecule has 1 amide bonds. The topological polar surface area (TPSA) is 55.3 Å². The molecule has 1 heterocycles. The van der Waals surface area contributed by atoms with Crippen molar-refractivity contribution in [2.75, 3.05) is 0 Å². The average molecular weight is 352 g/mol. The molecular weight excluding hydrogens is 334 g/mol. The van der Waals surface area contributed by atoms with E-state index >= 15 is 0 Å². The normalized spacial score (nSPS) is 21.1. The first-order valence-electron chi connectivity index (χ1n) is 7.66. The monoisotopic (exact) mass is 351 g/mol. The molecule has 0 N–H and O–H groups in total. The number of hydroxylamine groups is 2. The predicted molar refractivity (Wildman–Crippen MR) is 89.2 cm³/mol. The lowest BCUT2D eigenvalue weighted by Gasteiger charge is -2.34. The predicted octanol–water partition coefficient (Wildman–Crippen LogP) is 4.36. The summed E-state index contributed by atoms with van der Waals surface area (Å²) in [5.41, 5.74) is 1.01. The standard InChI is InChI=1S/C16H18ClN3O2S/c17-16(21)20(22-10-12-4-2-1-3-5-12)14-8-6-13(7-9-14)15-18-11-19-23-15/h1-5,11,13-14H,6-10H2/t13-,14-. The summed E-state index contributed by atoms with van der Waals surface area (Å²) < 4.78 is 4.06. The van der Waals surface area contributed by atoms with Gasteiger partial charge < -0.3 is 0 Å². The largest absolute Gasteiger partial charge is 0.340 e. The Morgan fingerprint density at radius 3 is 2.61 bits per heavy atom. The lowest BCUT2D eigenvalue weighted by molar-refractivity contribution is -0.154. The average Bonchev–Trinajstić information content (AvgIpc) is 3.11. The lowest BCUT2D eigenvalue weighted by Crippen LogP contribution is -2.39. The molecular formula is C16H18ClN3O2S. The van der Waals surface area contributed by atoms with Crippen LogP contribution >= 0.6 is 23.1 Å². The minimum absolute atomic E-state index is 0.0212. The van der Waals surface area contributed by atoms with Crippen molar-refractivity contribution in [3.05, 3.63) is 47.2 Å². The van der Waals surface area contributed by atoms with Gasteiger partial charge in [0.05, 0.1) is 6.04 Å². The molecule has 0 atom stereocenters. The second kappa shape index (κ2) is 7.86. The van der Waals surface area contributed by atoms with Gasteiger partial charge in [0.25, 0.3) is 0 Å². The van der Waals surface area contributed by atoms with E-state index in [0.717, 1.165) is 36.3 Å². The van der Waals surface area contributed by atoms with Crippen LogP contribution in [0.1, 0.15) is 42.2 Å². The number of nitrogens with zero attached hydrogens (tertiary/aromatic N) is 3. The second-order valence-electron chi connectivity index (χ2n) is 5.62. The quantitative estimate of drug-likeness (QED) is 0.456. The lowest BCUT2D eigenvalue weighted by atomic mass is 9.86. The van der Waals surface area contributed by atoms with Crippen molar-refractivity contribution in [1.82, 2.24) is 14.4 Å². The summed E-state index contributed by atoms with van der Waals surface area (Å²) in [5.74, 6) is 0.431. The molecule has 5 nitrogen and oxygen atoms in total. The Kier molecular flexibility index (Phi) is 5.59. The molecule has 1 aromatic carbocycles. The summed E-state index contributed by atoms with van der Waals surface area (Å²) in [6, 6.07) is 9.78. The molecule has 1 aliphatic rings. The van der Waals surface area contributed by atoms with Crippen LogP contribution in [0.3, 0.4) is 0 Å². The van der Waals surface area contributed by atoms with Gasteiger partial charge in [-0.05, 0) is 54.4 Å². The minimum atomic E-state index is -0.555. The highest BCUT2D eigenvalue weighted by atomic mass is 35.5. The summed E-state index contributed by atoms with van der Waals surface area (Å²) in [6.45, 7) is 0.343. The van der Waals surface area contributed by atoms with Gasteiger partial charge in [0.2, 0.25) is 0 Å². The first-order chi connectivity index (χ1) is 11.2. The van der Waals surface area contributed by atoms with Crippen molar-refractivity contribution >= 4 is 28.5 Å². The number of amides is 1. The van der Waals surface area contributed by atoms with E-state index in [0.29, 0.717) is 12.5 Å². The fraction of sp³-hybridized carbons (Fsp3) is 0.438. The van der Waals surface area contributed by atoms with Gasteiger partial charge >= 0.3 is 5.37 Å². The van der Waals surface area contributed by atoms with Gasteiger partial charge in [0.15, 0.2) is 0 Å². The molecule has 2 aromatic rings. The molecule has 1 aliphatic carbocycles. The number of hydrogen-bond acceptors (Lipinski definition) is 5. The SMILES string of the molecule is O=C(Cl)N(OCc1ccccc1)[C@H]1CC[C@H](c2ncns2)CC1. The first kappa shape index (κ1) is 16.4. The third-order valence-corrected chi connectivity index (χ3v) is 5.13. The van der Waals surface area contributed by atoms with Gasteiger partial charge in [-0.25, -0.2) is 10.0 Å². The molecule has 0 unspecified atom stereocenters. The molecule has 122 valence electrons. The molecule has 0 radical (unpaired) electrons. The van der Waals surface area contributed by atoms with Gasteiger partial charge in [0, 0.05) is 5.92 Å². The number of aromatic nitrogens is 2. The van der Waals surface area contributed by atoms with E-state index in [4.69, 9.17) is 16.4 Å². The van der Waals surface area contributed by atoms with E-state index in [-0.39, 0.29) is 6.04 Å². The second-order valence-corrected chi connectivity index (χ2v) is 6.76. The van der Waals surface area contributed by atoms with Crippen molar-refractivity contribution in [2.24, 2.45) is 0 Å². The van der Waals surface area contributed by atoms with E-state index in [1.807, 2.05) is 30.3 Å². The Labute approximate surface area is 144 Å². The van der Waals surface area contributed by atoms with Gasteiger partial charge in [0.1, 0.15) is 17.9 Å². The summed E-state index contributed by atoms with van der Waals surface area (Å²) in [4.78, 5) is 21.7. The highest BCUT2D eigenvalue weighted by molar-refractivity contribution is 7.05. The Morgan fingerprint density at radius 1 is 1.26 bits per heavy atom. The Bertz CT molecular complexity index is 616. The molecule has 3 rings (SSSR count). The van der Waals surface area contributed by atoms with Crippen molar-refractivity contribution in [1.29, 1.82) is 0 Å². The summed E-state index contributed by atoms with van der Waals surface area (Å²) >= 11 is 7.17. The molecule has 7 heteroatoms. The number of benzene rings is 1. The zero-order chi connectivity index (χ0) is 16.1. The van der Waals surface area contributed by atoms with Gasteiger partial charge in [-0.1, -0.05) is 30.3 Å². The molecule has 0 saturated heterocycles. The molecule has 23 heavy (non-hydrogen) atoms. The maximum atomic E-state index is 11.7. The van der Waals surface area contributed by atoms with Crippen LogP contribution in [0.25, 0.3) is 0 Å². The van der Waals surface area contributed by atoms with Crippen molar-refractivity contribution in [2.45, 2.75) is 44.2 Å². The number of carbonyl (C=O) groups is 1. The number of rotatable bonds is 5. The third kappa shape index (κ3) is 4.28. The van der Waals surface area contributed by atoms with Crippen LogP contribution in [0.4, 0.5) is 4.79 Å². The van der Waals surface area contributed by atoms with E-state index in [9.17, 15) is 4.79 Å². The van der Waals surface area contributed by atoms with Crippen molar-refractivity contribution < 1.29 is 9.63 Å². The van der Waals surface area contributed by atoms with Crippen LogP contribution in [-0.2, 0) is 11.4 Å². The first-order valence-corrected chi connectivity index (χ1v) is 8.81. The highest BCUT2D eigenvalue weighted by Gasteiger charge is 2.30. The fourth-order valence-corrected chi connectivity index (χ4v) is 3.80. The molecule has 0 bridgehead atoms. The van der Waals surface area contributed by atoms with Crippen LogP contribution in [0.2, 0.25) is 0 Å². The zero-order valence-electron chi connectivity index (χ0n) is 12.6. The van der Waals surface area contributed by atoms with Gasteiger partial charge in [-0.3, -0.25) is 9.63 Å². The molecule has 1 aromatic heterocycles. The fourth-order valence-electron chi connectivity index (χ4n) is 2.94. The van der Waals surface area contributed by atoms with E-state index in [1.54, 1.807) is 6.33 Å². The molecule has 1 fully saturated rings. The summed E-state index contributed by atoms with van der Waals surface area (Å²) in [5, 5.41) is 1.86. The molecule has 0 aliphatic heterocycles. The summed E-state index contributed by atoms with van der Waals surface area (Å²) in [6.07, 6.45) is 5.25. The zero-order valence-corrected chi connectivity index (χ0v) is 14.2. The van der Waals surface area contributed by atoms with Crippen LogP contribution in [-0.4, -0.2) is 25.8 Å². The number of carbonyl (C=O) groups excluding carboxylic acids is 1. The van der Waals surface area contributed by atoms with E-state index < -0.39 is 5.37 Å². The maximum absolute atomic E-state index is 11.7. The summed E-state index contributed by atoms with van der Waals surface area (Å²) in [7, 11) is 0. The van der Waals surface area contributed by atoms with E-state index in [2.05, 4.69) is 9.36 Å². The van der Waals surface area contributed by atoms with Crippen molar-refractivity contribution in [3.63, 3.8) is 0 Å². The minimum Gasteiger partial charge on any atom is -0.265 e. The van der Waals surface area contributed by atoms with Gasteiger partial charge in [-0.2, -0.15) is 4.37 Å². The third-order valence-electron chi connectivity index (χ3n) is 4.14. The smallest absolute Gasteiger partial charge is 0.265 e. The van der Waals surface area contributed by atoms with E-state index in [1.165, 1.54) is 16.6 Å². The van der Waals surface area contributed by atoms with Crippen molar-refractivity contribution in [3.8, 4) is 0 Å². The van der Waals surface area contributed by atoms with Crippen LogP contribution in [0.5, 0.6) is 0 Å². The molecule has 1 saturated carbocycles. The van der Waals surface area contributed by atoms with Crippen LogP contribution in [0, 0.1) is 0 Å². The van der Waals surface area contributed by atoms with Crippen LogP contribution < -0.4 is 0 Å². The van der Waals surface area contributed by atoms with Crippen LogP contribution in [0.15, 0.2) is 36.7 Å². The number of halogens is 1. The number of hydrogen-bond donors (Lipinski definition) is 0. The Balaban J connectivity index is 1.56. The maximum Gasteiger partial charge on any atom is 0.340 e. The Hall–Kier alpha value is -1.50.